The van der Waals surface area contributed by atoms with E-state index in [0.29, 0.717) is 11.7 Å². The van der Waals surface area contributed by atoms with Gasteiger partial charge in [0, 0.05) is 12.2 Å². The highest BCUT2D eigenvalue weighted by Gasteiger charge is 2.10. The van der Waals surface area contributed by atoms with Gasteiger partial charge in [-0.05, 0) is 11.8 Å². The van der Waals surface area contributed by atoms with E-state index >= 15 is 0 Å². The highest BCUT2D eigenvalue weighted by atomic mass is 14.9. The number of nitrogens with one attached hydrogen (secondary N) is 1. The van der Waals surface area contributed by atoms with Crippen LogP contribution in [0.3, 0.4) is 0 Å². The fourth-order valence-corrected chi connectivity index (χ4v) is 0.952. The lowest BCUT2D eigenvalue weighted by molar-refractivity contribution is 0.400. The first-order valence-corrected chi connectivity index (χ1v) is 4.07. The normalized spacial score (nSPS) is 11.2. The zero-order valence-electron chi connectivity index (χ0n) is 7.91. The lowest BCUT2D eigenvalue weighted by Gasteiger charge is -2.20. The quantitative estimate of drug-likeness (QED) is 0.606. The van der Waals surface area contributed by atoms with Gasteiger partial charge in [0.05, 0.1) is 7.85 Å². The molecule has 0 bridgehead atoms. The molecule has 0 aliphatic heterocycles. The Hall–Kier alpha value is -0.395. The number of rotatable bonds is 4. The largest absolute Gasteiger partial charge is 0.390 e. The van der Waals surface area contributed by atoms with Crippen molar-refractivity contribution >= 4 is 7.85 Å². The highest BCUT2D eigenvalue weighted by molar-refractivity contribution is 6.08. The highest BCUT2D eigenvalue weighted by Crippen LogP contribution is 2.21. The van der Waals surface area contributed by atoms with Gasteiger partial charge in [-0.25, -0.2) is 0 Å². The Bertz CT molecular complexity index is 124. The number of hydrogen-bond donors (Lipinski definition) is 1. The molecule has 0 aliphatic carbocycles. The monoisotopic (exact) mass is 151 g/mol. The first-order chi connectivity index (χ1) is 4.95. The predicted octanol–water partition coefficient (Wildman–Crippen LogP) is 2.11. The first-order valence-electron chi connectivity index (χ1n) is 4.07. The molecule has 2 radical (unpaired) electrons. The zero-order chi connectivity index (χ0) is 8.91. The van der Waals surface area contributed by atoms with Crippen LogP contribution in [0.25, 0.3) is 0 Å². The number of hydrogen-bond acceptors (Lipinski definition) is 1. The van der Waals surface area contributed by atoms with Crippen LogP contribution in [0, 0.1) is 5.41 Å². The maximum atomic E-state index is 5.34. The van der Waals surface area contributed by atoms with E-state index in [1.54, 1.807) is 0 Å². The lowest BCUT2D eigenvalue weighted by atomic mass is 9.91. The van der Waals surface area contributed by atoms with Crippen molar-refractivity contribution in [3.8, 4) is 0 Å². The summed E-state index contributed by atoms with van der Waals surface area (Å²) in [5.74, 6) is 0. The maximum Gasteiger partial charge on any atom is 0.0676 e. The fraction of sp³-hybridized carbons (Fsp3) is 0.778. The van der Waals surface area contributed by atoms with Gasteiger partial charge < -0.3 is 5.32 Å². The second-order valence-electron chi connectivity index (χ2n) is 4.06. The molecule has 2 heteroatoms. The van der Waals surface area contributed by atoms with Crippen LogP contribution >= 0.6 is 0 Å². The second kappa shape index (κ2) is 4.48. The Morgan fingerprint density at radius 3 is 2.36 bits per heavy atom. The molecule has 0 aromatic carbocycles. The smallest absolute Gasteiger partial charge is 0.0676 e. The summed E-state index contributed by atoms with van der Waals surface area (Å²) in [7, 11) is 5.34. The molecule has 0 unspecified atom stereocenters. The van der Waals surface area contributed by atoms with E-state index in [1.165, 1.54) is 0 Å². The lowest BCUT2D eigenvalue weighted by Crippen LogP contribution is -2.18. The topological polar surface area (TPSA) is 12.0 Å². The molecule has 0 saturated heterocycles. The molecule has 0 aromatic heterocycles. The third-order valence-electron chi connectivity index (χ3n) is 1.26. The third kappa shape index (κ3) is 7.50. The summed E-state index contributed by atoms with van der Waals surface area (Å²) in [6, 6.07) is 0. The van der Waals surface area contributed by atoms with Crippen LogP contribution in [0.15, 0.2) is 12.3 Å². The Kier molecular flexibility index (Phi) is 4.32. The summed E-state index contributed by atoms with van der Waals surface area (Å²) in [5.41, 5.74) is 1.40. The van der Waals surface area contributed by atoms with Crippen LogP contribution in [0.1, 0.15) is 27.2 Å². The summed E-state index contributed by atoms with van der Waals surface area (Å²) in [4.78, 5) is 0. The van der Waals surface area contributed by atoms with Crippen LogP contribution < -0.4 is 5.32 Å². The summed E-state index contributed by atoms with van der Waals surface area (Å²) in [6.45, 7) is 11.3. The van der Waals surface area contributed by atoms with Crippen LogP contribution in [0.2, 0.25) is 6.32 Å². The van der Waals surface area contributed by atoms with Crippen molar-refractivity contribution in [1.82, 2.24) is 5.32 Å². The Morgan fingerprint density at radius 1 is 1.45 bits per heavy atom. The van der Waals surface area contributed by atoms with Crippen LogP contribution in [0.5, 0.6) is 0 Å². The number of allylic oxidation sites excluding steroid dienone is 1. The molecule has 0 rings (SSSR count). The summed E-state index contributed by atoms with van der Waals surface area (Å²) < 4.78 is 0. The van der Waals surface area contributed by atoms with E-state index in [9.17, 15) is 0 Å². The van der Waals surface area contributed by atoms with Gasteiger partial charge in [0.2, 0.25) is 0 Å². The molecule has 0 saturated carbocycles. The summed E-state index contributed by atoms with van der Waals surface area (Å²) >= 11 is 0. The van der Waals surface area contributed by atoms with Crippen molar-refractivity contribution in [2.24, 2.45) is 5.41 Å². The van der Waals surface area contributed by atoms with Crippen molar-refractivity contribution in [3.63, 3.8) is 0 Å². The van der Waals surface area contributed by atoms with Crippen LogP contribution in [-0.4, -0.2) is 14.4 Å². The van der Waals surface area contributed by atoms with Gasteiger partial charge in [0.25, 0.3) is 0 Å². The van der Waals surface area contributed by atoms with Gasteiger partial charge in [-0.3, -0.25) is 0 Å². The molecular weight excluding hydrogens is 133 g/mol. The predicted molar refractivity (Wildman–Crippen MR) is 51.8 cm³/mol. The van der Waals surface area contributed by atoms with Gasteiger partial charge in [-0.15, -0.1) is 0 Å². The molecule has 0 heterocycles. The minimum Gasteiger partial charge on any atom is -0.390 e. The fourth-order valence-electron chi connectivity index (χ4n) is 0.952. The van der Waals surface area contributed by atoms with Gasteiger partial charge in [-0.1, -0.05) is 33.7 Å². The molecule has 0 aliphatic rings. The first kappa shape index (κ1) is 10.6. The van der Waals surface area contributed by atoms with E-state index in [2.05, 4.69) is 32.7 Å². The molecule has 62 valence electrons. The molecule has 0 spiro atoms. The Balaban J connectivity index is 3.53. The average Bonchev–Trinajstić information content (AvgIpc) is 1.79. The molecule has 0 atom stereocenters. The summed E-state index contributed by atoms with van der Waals surface area (Å²) in [6.07, 6.45) is 1.68. The van der Waals surface area contributed by atoms with Crippen molar-refractivity contribution in [2.75, 3.05) is 6.54 Å². The molecule has 1 nitrogen and oxygen atoms in total. The van der Waals surface area contributed by atoms with E-state index < -0.39 is 0 Å². The van der Waals surface area contributed by atoms with E-state index in [0.717, 1.165) is 18.7 Å². The maximum absolute atomic E-state index is 5.34. The Labute approximate surface area is 71.7 Å². The molecule has 0 amide bonds. The van der Waals surface area contributed by atoms with Crippen molar-refractivity contribution in [2.45, 2.75) is 33.5 Å². The molecule has 0 aromatic rings. The van der Waals surface area contributed by atoms with E-state index in [1.807, 2.05) is 0 Å². The van der Waals surface area contributed by atoms with Crippen molar-refractivity contribution in [1.29, 1.82) is 0 Å². The molecule has 11 heavy (non-hydrogen) atoms. The zero-order valence-corrected chi connectivity index (χ0v) is 7.91. The standard InChI is InChI=1S/C9H18BN/c1-8(11-6-5-10)7-9(2,3)4/h11H,1,5-7H2,2-4H3. The third-order valence-corrected chi connectivity index (χ3v) is 1.26. The van der Waals surface area contributed by atoms with Crippen molar-refractivity contribution < 1.29 is 0 Å². The van der Waals surface area contributed by atoms with E-state index in [4.69, 9.17) is 7.85 Å². The van der Waals surface area contributed by atoms with Gasteiger partial charge in [-0.2, -0.15) is 0 Å². The van der Waals surface area contributed by atoms with Gasteiger partial charge >= 0.3 is 0 Å². The average molecular weight is 151 g/mol. The minimum atomic E-state index is 0.318. The van der Waals surface area contributed by atoms with Crippen LogP contribution in [-0.2, 0) is 0 Å². The SMILES string of the molecule is [B]CCNC(=C)CC(C)(C)C. The molecule has 0 fully saturated rings. The second-order valence-corrected chi connectivity index (χ2v) is 4.06. The van der Waals surface area contributed by atoms with Crippen LogP contribution in [0.4, 0.5) is 0 Å². The van der Waals surface area contributed by atoms with Crippen molar-refractivity contribution in [3.05, 3.63) is 12.3 Å². The minimum absolute atomic E-state index is 0.318. The van der Waals surface area contributed by atoms with Gasteiger partial charge in [0.1, 0.15) is 0 Å². The molecular formula is C9H18BN. The van der Waals surface area contributed by atoms with Gasteiger partial charge in [0.15, 0.2) is 0 Å². The van der Waals surface area contributed by atoms with E-state index in [-0.39, 0.29) is 0 Å². The Morgan fingerprint density at radius 2 is 2.00 bits per heavy atom. The molecule has 1 N–H and O–H groups in total. The summed E-state index contributed by atoms with van der Waals surface area (Å²) in [5, 5.41) is 3.17.